The first kappa shape index (κ1) is 19.4. The zero-order valence-electron chi connectivity index (χ0n) is 13.9. The molecule has 1 heterocycles. The van der Waals surface area contributed by atoms with E-state index in [1.165, 1.54) is 18.5 Å². The van der Waals surface area contributed by atoms with Gasteiger partial charge in [-0.15, -0.1) is 13.2 Å². The topological polar surface area (TPSA) is 90.2 Å². The summed E-state index contributed by atoms with van der Waals surface area (Å²) in [4.78, 5) is 19.6. The van der Waals surface area contributed by atoms with Crippen molar-refractivity contribution in [2.24, 2.45) is 0 Å². The van der Waals surface area contributed by atoms with Gasteiger partial charge in [0.05, 0.1) is 4.92 Å². The van der Waals surface area contributed by atoms with Crippen LogP contribution in [0.4, 0.5) is 30.4 Å². The summed E-state index contributed by atoms with van der Waals surface area (Å²) < 4.78 is 40.5. The molecule has 0 fully saturated rings. The van der Waals surface area contributed by atoms with Gasteiger partial charge in [-0.2, -0.15) is 0 Å². The van der Waals surface area contributed by atoms with Gasteiger partial charge >= 0.3 is 12.0 Å². The quantitative estimate of drug-likeness (QED) is 0.341. The van der Waals surface area contributed by atoms with Crippen LogP contribution in [0, 0.1) is 10.1 Å². The highest BCUT2D eigenvalue weighted by atomic mass is 32.2. The number of benzene rings is 2. The maximum absolute atomic E-state index is 12.2. The molecule has 0 saturated carbocycles. The minimum absolute atomic E-state index is 0.0806. The molecule has 0 amide bonds. The minimum Gasteiger partial charge on any atom is -0.406 e. The molecule has 0 aliphatic heterocycles. The third-order valence-corrected chi connectivity index (χ3v) is 4.28. The van der Waals surface area contributed by atoms with Crippen LogP contribution in [0.25, 0.3) is 0 Å². The van der Waals surface area contributed by atoms with Crippen LogP contribution >= 0.6 is 11.8 Å². The number of halogens is 3. The summed E-state index contributed by atoms with van der Waals surface area (Å²) in [6.45, 7) is 0. The molecule has 0 atom stereocenters. The highest BCUT2D eigenvalue weighted by Gasteiger charge is 2.31. The van der Waals surface area contributed by atoms with E-state index in [1.807, 2.05) is 6.07 Å². The van der Waals surface area contributed by atoms with Crippen molar-refractivity contribution in [3.8, 4) is 5.75 Å². The van der Waals surface area contributed by atoms with Crippen molar-refractivity contribution in [1.82, 2.24) is 9.97 Å². The Hall–Kier alpha value is -3.34. The summed E-state index contributed by atoms with van der Waals surface area (Å²) in [6, 6.07) is 13.7. The van der Waals surface area contributed by atoms with Crippen molar-refractivity contribution in [1.29, 1.82) is 0 Å². The maximum atomic E-state index is 12.2. The Balaban J connectivity index is 1.85. The minimum atomic E-state index is -4.80. The van der Waals surface area contributed by atoms with E-state index in [9.17, 15) is 23.3 Å². The molecule has 2 aromatic carbocycles. The fourth-order valence-electron chi connectivity index (χ4n) is 2.17. The van der Waals surface area contributed by atoms with Gasteiger partial charge in [-0.1, -0.05) is 30.0 Å². The van der Waals surface area contributed by atoms with Crippen LogP contribution in [0.5, 0.6) is 5.75 Å². The van der Waals surface area contributed by atoms with Gasteiger partial charge in [-0.05, 0) is 36.4 Å². The highest BCUT2D eigenvalue weighted by Crippen LogP contribution is 2.37. The molecule has 0 unspecified atom stereocenters. The molecule has 1 aromatic heterocycles. The number of nitrogens with one attached hydrogen (secondary N) is 1. The number of hydrogen-bond acceptors (Lipinski definition) is 7. The predicted octanol–water partition coefficient (Wildman–Crippen LogP) is 5.18. The van der Waals surface area contributed by atoms with Crippen molar-refractivity contribution in [2.75, 3.05) is 5.32 Å². The molecule has 28 heavy (non-hydrogen) atoms. The first-order chi connectivity index (χ1) is 13.3. The first-order valence-electron chi connectivity index (χ1n) is 7.67. The summed E-state index contributed by atoms with van der Waals surface area (Å²) in [5.74, 6) is -0.488. The van der Waals surface area contributed by atoms with Gasteiger partial charge in [-0.3, -0.25) is 10.1 Å². The third kappa shape index (κ3) is 5.10. The van der Waals surface area contributed by atoms with Crippen LogP contribution in [-0.4, -0.2) is 21.3 Å². The van der Waals surface area contributed by atoms with E-state index in [-0.39, 0.29) is 16.5 Å². The fourth-order valence-corrected chi connectivity index (χ4v) is 3.05. The average molecular weight is 408 g/mol. The highest BCUT2D eigenvalue weighted by molar-refractivity contribution is 7.99. The second-order valence-electron chi connectivity index (χ2n) is 5.25. The molecule has 0 radical (unpaired) electrons. The lowest BCUT2D eigenvalue weighted by molar-refractivity contribution is -0.387. The number of rotatable bonds is 6. The van der Waals surface area contributed by atoms with Crippen molar-refractivity contribution >= 4 is 29.0 Å². The molecular weight excluding hydrogens is 397 g/mol. The van der Waals surface area contributed by atoms with E-state index in [1.54, 1.807) is 24.3 Å². The molecule has 0 saturated heterocycles. The van der Waals surface area contributed by atoms with E-state index < -0.39 is 17.0 Å². The van der Waals surface area contributed by atoms with Crippen LogP contribution < -0.4 is 10.1 Å². The molecule has 3 aromatic rings. The molecule has 144 valence electrons. The molecule has 0 aliphatic rings. The van der Waals surface area contributed by atoms with Crippen molar-refractivity contribution in [2.45, 2.75) is 16.3 Å². The molecular formula is C17H11F3N4O3S. The van der Waals surface area contributed by atoms with Crippen LogP contribution in [-0.2, 0) is 0 Å². The summed E-state index contributed by atoms with van der Waals surface area (Å²) in [6.07, 6.45) is -3.63. The number of aromatic nitrogens is 2. The third-order valence-electron chi connectivity index (χ3n) is 3.28. The number of anilines is 2. The molecule has 7 nitrogen and oxygen atoms in total. The van der Waals surface area contributed by atoms with E-state index in [2.05, 4.69) is 20.0 Å². The Morgan fingerprint density at radius 1 is 1.04 bits per heavy atom. The molecule has 11 heteroatoms. The standard InChI is InChI=1S/C17H11F3N4O3S/c18-17(19,20)27-12-8-6-11(7-9-12)23-15-14(24(25)26)16(22-10-21-15)28-13-4-2-1-3-5-13/h1-10H,(H,21,22,23). The van der Waals surface area contributed by atoms with Crippen molar-refractivity contribution in [3.63, 3.8) is 0 Å². The maximum Gasteiger partial charge on any atom is 0.573 e. The largest absolute Gasteiger partial charge is 0.573 e. The number of ether oxygens (including phenoxy) is 1. The lowest BCUT2D eigenvalue weighted by Crippen LogP contribution is -2.17. The molecule has 3 rings (SSSR count). The Labute approximate surface area is 160 Å². The Kier molecular flexibility index (Phi) is 5.64. The fraction of sp³-hybridized carbons (Fsp3) is 0.0588. The Morgan fingerprint density at radius 3 is 2.32 bits per heavy atom. The molecule has 1 N–H and O–H groups in total. The van der Waals surface area contributed by atoms with Gasteiger partial charge in [0.15, 0.2) is 5.03 Å². The summed E-state index contributed by atoms with van der Waals surface area (Å²) in [5.41, 5.74) is -0.0426. The number of nitro groups is 1. The van der Waals surface area contributed by atoms with Gasteiger partial charge in [-0.25, -0.2) is 9.97 Å². The van der Waals surface area contributed by atoms with Gasteiger partial charge in [0, 0.05) is 10.6 Å². The lowest BCUT2D eigenvalue weighted by atomic mass is 10.3. The molecule has 0 aliphatic carbocycles. The average Bonchev–Trinajstić information content (AvgIpc) is 2.63. The summed E-state index contributed by atoms with van der Waals surface area (Å²) in [5, 5.41) is 14.4. The molecule has 0 bridgehead atoms. The van der Waals surface area contributed by atoms with E-state index in [0.29, 0.717) is 5.69 Å². The Morgan fingerprint density at radius 2 is 1.71 bits per heavy atom. The number of nitrogens with zero attached hydrogens (tertiary/aromatic N) is 3. The second-order valence-corrected chi connectivity index (χ2v) is 6.31. The second kappa shape index (κ2) is 8.13. The van der Waals surface area contributed by atoms with E-state index >= 15 is 0 Å². The predicted molar refractivity (Wildman–Crippen MR) is 95.7 cm³/mol. The number of alkyl halides is 3. The monoisotopic (exact) mass is 408 g/mol. The number of hydrogen-bond donors (Lipinski definition) is 1. The van der Waals surface area contributed by atoms with Crippen LogP contribution in [0.1, 0.15) is 0 Å². The van der Waals surface area contributed by atoms with Crippen LogP contribution in [0.15, 0.2) is 70.8 Å². The van der Waals surface area contributed by atoms with Crippen LogP contribution in [0.2, 0.25) is 0 Å². The SMILES string of the molecule is O=[N+]([O-])c1c(Nc2ccc(OC(F)(F)F)cc2)ncnc1Sc1ccccc1. The van der Waals surface area contributed by atoms with Crippen molar-refractivity contribution < 1.29 is 22.8 Å². The normalized spacial score (nSPS) is 11.1. The Bertz CT molecular complexity index is 970. The van der Waals surface area contributed by atoms with Gasteiger partial charge in [0.2, 0.25) is 5.82 Å². The van der Waals surface area contributed by atoms with Gasteiger partial charge in [0.25, 0.3) is 0 Å². The summed E-state index contributed by atoms with van der Waals surface area (Å²) in [7, 11) is 0. The molecule has 0 spiro atoms. The lowest BCUT2D eigenvalue weighted by Gasteiger charge is -2.11. The summed E-state index contributed by atoms with van der Waals surface area (Å²) >= 11 is 1.10. The zero-order chi connectivity index (χ0) is 20.1. The first-order valence-corrected chi connectivity index (χ1v) is 8.48. The van der Waals surface area contributed by atoms with E-state index in [4.69, 9.17) is 0 Å². The zero-order valence-corrected chi connectivity index (χ0v) is 14.7. The van der Waals surface area contributed by atoms with Crippen LogP contribution in [0.3, 0.4) is 0 Å². The smallest absolute Gasteiger partial charge is 0.406 e. The van der Waals surface area contributed by atoms with Crippen molar-refractivity contribution in [3.05, 3.63) is 71.0 Å². The van der Waals surface area contributed by atoms with Gasteiger partial charge < -0.3 is 10.1 Å². The van der Waals surface area contributed by atoms with Gasteiger partial charge in [0.1, 0.15) is 12.1 Å². The van der Waals surface area contributed by atoms with E-state index in [0.717, 1.165) is 28.8 Å².